The molecule has 0 spiro atoms. The molecule has 6 heteroatoms. The predicted molar refractivity (Wildman–Crippen MR) is 30.0 cm³/mol. The second-order valence-electron chi connectivity index (χ2n) is 2.42. The Labute approximate surface area is 61.6 Å². The lowest BCUT2D eigenvalue weighted by Crippen LogP contribution is -2.58. The van der Waals surface area contributed by atoms with Gasteiger partial charge in [-0.1, -0.05) is 0 Å². The SMILES string of the molecule is O[C@@H]1[C@H](O)CO[C@](O)(F)[C@H]1O. The van der Waals surface area contributed by atoms with Gasteiger partial charge < -0.3 is 25.2 Å². The average Bonchev–Trinajstić information content (AvgIpc) is 1.95. The van der Waals surface area contributed by atoms with Crippen LogP contribution < -0.4 is 0 Å². The predicted octanol–water partition coefficient (Wildman–Crippen LogP) is -2.29. The molecule has 1 heterocycles. The largest absolute Gasteiger partial charge is 0.388 e. The third-order valence-electron chi connectivity index (χ3n) is 1.54. The smallest absolute Gasteiger partial charge is 0.347 e. The molecule has 0 unspecified atom stereocenters. The van der Waals surface area contributed by atoms with Gasteiger partial charge in [0.05, 0.1) is 6.61 Å². The Balaban J connectivity index is 2.67. The van der Waals surface area contributed by atoms with E-state index < -0.39 is 31.0 Å². The highest BCUT2D eigenvalue weighted by Gasteiger charge is 2.49. The van der Waals surface area contributed by atoms with Gasteiger partial charge in [0.1, 0.15) is 12.2 Å². The molecule has 1 rings (SSSR count). The fourth-order valence-corrected chi connectivity index (χ4v) is 0.807. The molecule has 0 saturated carbocycles. The van der Waals surface area contributed by atoms with Gasteiger partial charge in [-0.15, -0.1) is 0 Å². The fraction of sp³-hybridized carbons (Fsp3) is 1.00. The van der Waals surface area contributed by atoms with Crippen LogP contribution in [0, 0.1) is 0 Å². The van der Waals surface area contributed by atoms with E-state index in [0.29, 0.717) is 0 Å². The summed E-state index contributed by atoms with van der Waals surface area (Å²) in [5.74, 6) is 0. The van der Waals surface area contributed by atoms with Gasteiger partial charge in [0.15, 0.2) is 6.10 Å². The van der Waals surface area contributed by atoms with Crippen LogP contribution in [0.25, 0.3) is 0 Å². The third kappa shape index (κ3) is 1.49. The van der Waals surface area contributed by atoms with E-state index in [1.165, 1.54) is 0 Å². The van der Waals surface area contributed by atoms with Crippen LogP contribution in [0.15, 0.2) is 0 Å². The van der Waals surface area contributed by atoms with Crippen molar-refractivity contribution in [3.63, 3.8) is 0 Å². The summed E-state index contributed by atoms with van der Waals surface area (Å²) >= 11 is 0. The van der Waals surface area contributed by atoms with E-state index in [4.69, 9.17) is 20.4 Å². The van der Waals surface area contributed by atoms with E-state index in [9.17, 15) is 4.39 Å². The maximum Gasteiger partial charge on any atom is 0.347 e. The van der Waals surface area contributed by atoms with Gasteiger partial charge in [-0.05, 0) is 0 Å². The Morgan fingerprint density at radius 3 is 2.36 bits per heavy atom. The lowest BCUT2D eigenvalue weighted by molar-refractivity contribution is -0.380. The van der Waals surface area contributed by atoms with Gasteiger partial charge in [-0.25, -0.2) is 0 Å². The molecule has 4 N–H and O–H groups in total. The van der Waals surface area contributed by atoms with E-state index in [0.717, 1.165) is 0 Å². The van der Waals surface area contributed by atoms with Crippen LogP contribution in [0.1, 0.15) is 0 Å². The van der Waals surface area contributed by atoms with E-state index in [1.54, 1.807) is 0 Å². The highest BCUT2D eigenvalue weighted by atomic mass is 19.2. The average molecular weight is 168 g/mol. The first-order chi connectivity index (χ1) is 4.95. The Kier molecular flexibility index (Phi) is 2.13. The number of aliphatic hydroxyl groups is 4. The summed E-state index contributed by atoms with van der Waals surface area (Å²) < 4.78 is 16.5. The molecule has 5 nitrogen and oxygen atoms in total. The number of hydrogen-bond acceptors (Lipinski definition) is 5. The van der Waals surface area contributed by atoms with Gasteiger partial charge >= 0.3 is 6.04 Å². The second kappa shape index (κ2) is 2.65. The van der Waals surface area contributed by atoms with Crippen LogP contribution in [0.4, 0.5) is 4.39 Å². The van der Waals surface area contributed by atoms with Crippen molar-refractivity contribution in [1.82, 2.24) is 0 Å². The van der Waals surface area contributed by atoms with E-state index in [-0.39, 0.29) is 0 Å². The molecular weight excluding hydrogens is 159 g/mol. The normalized spacial score (nSPS) is 52.6. The van der Waals surface area contributed by atoms with Crippen molar-refractivity contribution in [2.75, 3.05) is 6.61 Å². The molecule has 1 aliphatic heterocycles. The molecule has 0 aliphatic carbocycles. The minimum absolute atomic E-state index is 0.550. The highest BCUT2D eigenvalue weighted by Crippen LogP contribution is 2.24. The monoisotopic (exact) mass is 168 g/mol. The summed E-state index contributed by atoms with van der Waals surface area (Å²) in [7, 11) is 0. The quantitative estimate of drug-likeness (QED) is 0.327. The maximum atomic E-state index is 12.5. The molecule has 11 heavy (non-hydrogen) atoms. The third-order valence-corrected chi connectivity index (χ3v) is 1.54. The summed E-state index contributed by atoms with van der Waals surface area (Å²) in [6.07, 6.45) is -5.23. The number of halogens is 1. The van der Waals surface area contributed by atoms with Crippen molar-refractivity contribution in [3.05, 3.63) is 0 Å². The van der Waals surface area contributed by atoms with Crippen LogP contribution in [0.5, 0.6) is 0 Å². The fourth-order valence-electron chi connectivity index (χ4n) is 0.807. The number of aliphatic hydroxyl groups excluding tert-OH is 3. The minimum atomic E-state index is -3.27. The summed E-state index contributed by atoms with van der Waals surface area (Å²) in [6, 6.07) is -3.27. The van der Waals surface area contributed by atoms with Gasteiger partial charge in [-0.2, -0.15) is 4.39 Å². The van der Waals surface area contributed by atoms with Crippen molar-refractivity contribution in [3.8, 4) is 0 Å². The summed E-state index contributed by atoms with van der Waals surface area (Å²) in [4.78, 5) is 0. The standard InChI is InChI=1S/C5H9FO5/c6-5(10)4(9)3(8)2(7)1-11-5/h2-4,7-10H,1H2/t2-,3-,4+,5+/m1/s1. The zero-order valence-electron chi connectivity index (χ0n) is 5.51. The van der Waals surface area contributed by atoms with Gasteiger partial charge in [0.2, 0.25) is 0 Å². The van der Waals surface area contributed by atoms with Crippen molar-refractivity contribution in [2.24, 2.45) is 0 Å². The first-order valence-electron chi connectivity index (χ1n) is 3.04. The van der Waals surface area contributed by atoms with Crippen LogP contribution in [0.2, 0.25) is 0 Å². The lowest BCUT2D eigenvalue weighted by Gasteiger charge is -2.35. The first kappa shape index (κ1) is 8.82. The van der Waals surface area contributed by atoms with Crippen molar-refractivity contribution >= 4 is 0 Å². The minimum Gasteiger partial charge on any atom is -0.388 e. The second-order valence-corrected chi connectivity index (χ2v) is 2.42. The summed E-state index contributed by atoms with van der Waals surface area (Å²) in [5, 5.41) is 34.8. The van der Waals surface area contributed by atoms with Crippen LogP contribution in [-0.4, -0.2) is 51.4 Å². The number of rotatable bonds is 0. The van der Waals surface area contributed by atoms with Crippen molar-refractivity contribution in [2.45, 2.75) is 24.4 Å². The summed E-state index contributed by atoms with van der Waals surface area (Å²) in [6.45, 7) is -0.550. The lowest BCUT2D eigenvalue weighted by atomic mass is 10.0. The molecule has 0 amide bonds. The molecule has 1 aliphatic rings. The zero-order chi connectivity index (χ0) is 8.65. The van der Waals surface area contributed by atoms with E-state index in [1.807, 2.05) is 0 Å². The number of ether oxygens (including phenoxy) is 1. The molecule has 0 aromatic carbocycles. The molecule has 0 radical (unpaired) electrons. The molecule has 1 fully saturated rings. The zero-order valence-corrected chi connectivity index (χ0v) is 5.51. The van der Waals surface area contributed by atoms with Crippen LogP contribution >= 0.6 is 0 Å². The number of alkyl halides is 1. The maximum absolute atomic E-state index is 12.5. The molecule has 66 valence electrons. The van der Waals surface area contributed by atoms with Gasteiger partial charge in [-0.3, -0.25) is 0 Å². The Bertz CT molecular complexity index is 150. The Hall–Kier alpha value is -0.270. The molecule has 0 aromatic rings. The Morgan fingerprint density at radius 1 is 1.36 bits per heavy atom. The van der Waals surface area contributed by atoms with E-state index >= 15 is 0 Å². The molecule has 1 saturated heterocycles. The number of hydrogen-bond donors (Lipinski definition) is 4. The van der Waals surface area contributed by atoms with Gasteiger partial charge in [0, 0.05) is 0 Å². The highest BCUT2D eigenvalue weighted by molar-refractivity contribution is 4.85. The molecule has 0 bridgehead atoms. The van der Waals surface area contributed by atoms with Crippen LogP contribution in [0.3, 0.4) is 0 Å². The van der Waals surface area contributed by atoms with Crippen LogP contribution in [-0.2, 0) is 4.74 Å². The Morgan fingerprint density at radius 2 is 1.91 bits per heavy atom. The summed E-state index contributed by atoms with van der Waals surface area (Å²) in [5.41, 5.74) is 0. The van der Waals surface area contributed by atoms with E-state index in [2.05, 4.69) is 4.74 Å². The molecule has 4 atom stereocenters. The molecule has 0 aromatic heterocycles. The van der Waals surface area contributed by atoms with Gasteiger partial charge in [0.25, 0.3) is 0 Å². The first-order valence-corrected chi connectivity index (χ1v) is 3.04. The van der Waals surface area contributed by atoms with Crippen molar-refractivity contribution in [1.29, 1.82) is 0 Å². The van der Waals surface area contributed by atoms with Crippen molar-refractivity contribution < 1.29 is 29.6 Å². The molecular formula is C5H9FO5. The topological polar surface area (TPSA) is 90.2 Å².